The Morgan fingerprint density at radius 2 is 1.88 bits per heavy atom. The lowest BCUT2D eigenvalue weighted by atomic mass is 9.64. The number of aryl methyl sites for hydroxylation is 2. The number of pyridine rings is 1. The second-order valence-electron chi connectivity index (χ2n) is 8.88. The fraction of sp³-hybridized carbons (Fsp3) is 0.417. The molecule has 2 aromatic heterocycles. The van der Waals surface area contributed by atoms with Gasteiger partial charge in [-0.15, -0.1) is 4.80 Å². The number of aromatic nitrogens is 4. The molecule has 8 heteroatoms. The Bertz CT molecular complexity index is 1140. The van der Waals surface area contributed by atoms with E-state index in [1.54, 1.807) is 18.3 Å². The minimum absolute atomic E-state index is 0.0902. The van der Waals surface area contributed by atoms with E-state index in [1.807, 2.05) is 30.9 Å². The number of hydrogen-bond donors (Lipinski definition) is 0. The van der Waals surface area contributed by atoms with Crippen LogP contribution in [0.5, 0.6) is 5.75 Å². The summed E-state index contributed by atoms with van der Waals surface area (Å²) in [5.41, 5.74) is 2.45. The Kier molecular flexibility index (Phi) is 5.15. The average Bonchev–Trinajstić information content (AvgIpc) is 3.18. The summed E-state index contributed by atoms with van der Waals surface area (Å²) in [6, 6.07) is 9.77. The molecule has 6 rings (SSSR count). The van der Waals surface area contributed by atoms with Crippen LogP contribution < -0.4 is 4.74 Å². The third kappa shape index (κ3) is 3.63. The van der Waals surface area contributed by atoms with Crippen LogP contribution in [0.4, 0.5) is 4.39 Å². The highest BCUT2D eigenvalue weighted by Gasteiger charge is 2.51. The van der Waals surface area contributed by atoms with Crippen molar-refractivity contribution in [2.24, 2.45) is 11.8 Å². The second kappa shape index (κ2) is 8.00. The number of benzene rings is 1. The van der Waals surface area contributed by atoms with Crippen molar-refractivity contribution in [3.8, 4) is 11.4 Å². The Morgan fingerprint density at radius 1 is 1.12 bits per heavy atom. The zero-order valence-electron chi connectivity index (χ0n) is 18.4. The van der Waals surface area contributed by atoms with E-state index in [1.165, 1.54) is 16.9 Å². The summed E-state index contributed by atoms with van der Waals surface area (Å²) in [6.45, 7) is 6.26. The molecule has 4 heterocycles. The third-order valence-corrected chi connectivity index (χ3v) is 6.76. The van der Waals surface area contributed by atoms with Gasteiger partial charge in [-0.05, 0) is 74.9 Å². The summed E-state index contributed by atoms with van der Waals surface area (Å²) in [4.78, 5) is 21.9. The van der Waals surface area contributed by atoms with E-state index in [0.29, 0.717) is 35.6 Å². The van der Waals surface area contributed by atoms with Crippen molar-refractivity contribution in [1.82, 2.24) is 24.9 Å². The number of amides is 1. The molecule has 2 aliphatic heterocycles. The number of rotatable bonds is 5. The van der Waals surface area contributed by atoms with Gasteiger partial charge in [-0.1, -0.05) is 6.92 Å². The largest absolute Gasteiger partial charge is 0.491 e. The van der Waals surface area contributed by atoms with E-state index in [4.69, 9.17) is 4.74 Å². The SMILES string of the molecule is Cc1ccc(-n2ncc(C)n2)c(C(=O)N2C3CC(C3)C(C)C2COc2ccc(F)cc2)n1. The lowest BCUT2D eigenvalue weighted by Gasteiger charge is -2.57. The van der Waals surface area contributed by atoms with Gasteiger partial charge in [0.05, 0.1) is 17.9 Å². The van der Waals surface area contributed by atoms with Crippen LogP contribution in [-0.2, 0) is 0 Å². The highest BCUT2D eigenvalue weighted by molar-refractivity contribution is 5.96. The molecule has 166 valence electrons. The van der Waals surface area contributed by atoms with Crippen molar-refractivity contribution in [1.29, 1.82) is 0 Å². The quantitative estimate of drug-likeness (QED) is 0.611. The molecule has 1 amide bonds. The summed E-state index contributed by atoms with van der Waals surface area (Å²) in [5, 5.41) is 8.67. The smallest absolute Gasteiger partial charge is 0.275 e. The zero-order chi connectivity index (χ0) is 22.4. The molecule has 1 aliphatic carbocycles. The van der Waals surface area contributed by atoms with Gasteiger partial charge < -0.3 is 9.64 Å². The third-order valence-electron chi connectivity index (χ3n) is 6.76. The van der Waals surface area contributed by atoms with E-state index in [0.717, 1.165) is 24.2 Å². The predicted octanol–water partition coefficient (Wildman–Crippen LogP) is 3.74. The first-order chi connectivity index (χ1) is 15.4. The Labute approximate surface area is 186 Å². The van der Waals surface area contributed by atoms with Crippen LogP contribution >= 0.6 is 0 Å². The van der Waals surface area contributed by atoms with Crippen molar-refractivity contribution in [2.75, 3.05) is 6.61 Å². The highest BCUT2D eigenvalue weighted by atomic mass is 19.1. The number of nitrogens with zero attached hydrogens (tertiary/aromatic N) is 5. The van der Waals surface area contributed by atoms with Crippen molar-refractivity contribution in [3.63, 3.8) is 0 Å². The van der Waals surface area contributed by atoms with E-state index in [9.17, 15) is 9.18 Å². The number of carbonyl (C=O) groups is 1. The summed E-state index contributed by atoms with van der Waals surface area (Å²) in [7, 11) is 0. The normalized spacial score (nSPS) is 24.2. The average molecular weight is 436 g/mol. The minimum Gasteiger partial charge on any atom is -0.491 e. The molecule has 2 unspecified atom stereocenters. The maximum absolute atomic E-state index is 13.9. The van der Waals surface area contributed by atoms with Gasteiger partial charge in [-0.3, -0.25) is 4.79 Å². The molecule has 2 atom stereocenters. The number of halogens is 1. The molecule has 1 aromatic carbocycles. The molecule has 7 nitrogen and oxygen atoms in total. The Balaban J connectivity index is 1.46. The number of ether oxygens (including phenoxy) is 1. The second-order valence-corrected chi connectivity index (χ2v) is 8.88. The van der Waals surface area contributed by atoms with Gasteiger partial charge in [0.1, 0.15) is 23.9 Å². The Hall–Kier alpha value is -3.29. The predicted molar refractivity (Wildman–Crippen MR) is 116 cm³/mol. The van der Waals surface area contributed by atoms with Gasteiger partial charge >= 0.3 is 0 Å². The van der Waals surface area contributed by atoms with Gasteiger partial charge in [0, 0.05) is 11.7 Å². The molecule has 2 bridgehead atoms. The van der Waals surface area contributed by atoms with E-state index >= 15 is 0 Å². The van der Waals surface area contributed by atoms with Gasteiger partial charge in [-0.25, -0.2) is 9.37 Å². The molecule has 0 N–H and O–H groups in total. The molecular weight excluding hydrogens is 409 g/mol. The monoisotopic (exact) mass is 435 g/mol. The summed E-state index contributed by atoms with van der Waals surface area (Å²) < 4.78 is 19.2. The van der Waals surface area contributed by atoms with Crippen LogP contribution in [-0.4, -0.2) is 49.5 Å². The fourth-order valence-electron chi connectivity index (χ4n) is 4.83. The van der Waals surface area contributed by atoms with Crippen LogP contribution in [0.1, 0.15) is 41.6 Å². The van der Waals surface area contributed by atoms with Crippen LogP contribution in [0.3, 0.4) is 0 Å². The molecular formula is C24H26FN5O2. The first kappa shape index (κ1) is 20.6. The molecule has 0 radical (unpaired) electrons. The van der Waals surface area contributed by atoms with Crippen molar-refractivity contribution in [2.45, 2.75) is 45.7 Å². The highest BCUT2D eigenvalue weighted by Crippen LogP contribution is 2.47. The van der Waals surface area contributed by atoms with E-state index < -0.39 is 0 Å². The van der Waals surface area contributed by atoms with Gasteiger partial charge in [-0.2, -0.15) is 10.2 Å². The van der Waals surface area contributed by atoms with Crippen LogP contribution in [0, 0.1) is 31.5 Å². The first-order valence-corrected chi connectivity index (χ1v) is 11.0. The molecule has 1 saturated carbocycles. The van der Waals surface area contributed by atoms with Gasteiger partial charge in [0.15, 0.2) is 5.69 Å². The minimum atomic E-state index is -0.304. The topological polar surface area (TPSA) is 73.1 Å². The van der Waals surface area contributed by atoms with E-state index in [2.05, 4.69) is 22.1 Å². The van der Waals surface area contributed by atoms with Crippen LogP contribution in [0.15, 0.2) is 42.6 Å². The number of piperidine rings is 2. The summed E-state index contributed by atoms with van der Waals surface area (Å²) in [5.74, 6) is 1.05. The molecule has 3 aliphatic rings. The molecule has 32 heavy (non-hydrogen) atoms. The van der Waals surface area contributed by atoms with E-state index in [-0.39, 0.29) is 23.8 Å². The lowest BCUT2D eigenvalue weighted by Crippen LogP contribution is -2.64. The van der Waals surface area contributed by atoms with Crippen LogP contribution in [0.2, 0.25) is 0 Å². The molecule has 0 spiro atoms. The Morgan fingerprint density at radius 3 is 2.56 bits per heavy atom. The van der Waals surface area contributed by atoms with Crippen LogP contribution in [0.25, 0.3) is 5.69 Å². The summed E-state index contributed by atoms with van der Waals surface area (Å²) in [6.07, 6.45) is 3.66. The van der Waals surface area contributed by atoms with Crippen molar-refractivity contribution < 1.29 is 13.9 Å². The summed E-state index contributed by atoms with van der Waals surface area (Å²) >= 11 is 0. The van der Waals surface area contributed by atoms with Crippen molar-refractivity contribution >= 4 is 5.91 Å². The number of hydrogen-bond acceptors (Lipinski definition) is 5. The number of carbonyl (C=O) groups excluding carboxylic acids is 1. The molecule has 2 saturated heterocycles. The van der Waals surface area contributed by atoms with Gasteiger partial charge in [0.25, 0.3) is 5.91 Å². The fourth-order valence-corrected chi connectivity index (χ4v) is 4.83. The molecule has 3 aromatic rings. The number of fused-ring (bicyclic) bond motifs is 2. The first-order valence-electron chi connectivity index (χ1n) is 11.0. The lowest BCUT2D eigenvalue weighted by molar-refractivity contribution is -0.0673. The maximum Gasteiger partial charge on any atom is 0.275 e. The maximum atomic E-state index is 13.9. The zero-order valence-corrected chi connectivity index (χ0v) is 18.4. The van der Waals surface area contributed by atoms with Crippen molar-refractivity contribution in [3.05, 3.63) is 65.5 Å². The molecule has 3 fully saturated rings. The standard InChI is InChI=1S/C24H26FN5O2/c1-14-4-9-21(30-26-12-15(2)28-30)23(27-14)24(31)29-19-10-17(11-19)16(3)22(29)13-32-20-7-5-18(25)6-8-20/h4-9,12,16-17,19,22H,10-11,13H2,1-3H3. The van der Waals surface area contributed by atoms with Gasteiger partial charge in [0.2, 0.25) is 0 Å².